The number of hydrogen-bond donors (Lipinski definition) is 2. The van der Waals surface area contributed by atoms with Crippen molar-refractivity contribution >= 4 is 16.9 Å². The molecule has 0 spiro atoms. The molecule has 5 heteroatoms. The van der Waals surface area contributed by atoms with Crippen LogP contribution in [-0.2, 0) is 11.2 Å². The van der Waals surface area contributed by atoms with E-state index in [4.69, 9.17) is 0 Å². The summed E-state index contributed by atoms with van der Waals surface area (Å²) in [7, 11) is 2.18. The molecular formula is C19H28N4O. The molecule has 130 valence electrons. The molecule has 1 fully saturated rings. The van der Waals surface area contributed by atoms with Gasteiger partial charge in [0.05, 0.1) is 11.0 Å². The molecule has 0 atom stereocenters. The van der Waals surface area contributed by atoms with Crippen LogP contribution in [0.4, 0.5) is 0 Å². The maximum atomic E-state index is 12.0. The zero-order chi connectivity index (χ0) is 16.8. The molecular weight excluding hydrogens is 300 g/mol. The van der Waals surface area contributed by atoms with E-state index in [1.54, 1.807) is 0 Å². The van der Waals surface area contributed by atoms with Crippen molar-refractivity contribution in [1.82, 2.24) is 20.2 Å². The average Bonchev–Trinajstić information content (AvgIpc) is 3.03. The predicted octanol–water partition coefficient (Wildman–Crippen LogP) is 2.88. The quantitative estimate of drug-likeness (QED) is 0.821. The highest BCUT2D eigenvalue weighted by Gasteiger charge is 2.17. The summed E-state index contributed by atoms with van der Waals surface area (Å²) in [6.45, 7) is 1.66. The molecule has 1 aliphatic carbocycles. The molecule has 2 N–H and O–H groups in total. The van der Waals surface area contributed by atoms with Gasteiger partial charge in [-0.2, -0.15) is 0 Å². The van der Waals surface area contributed by atoms with Crippen molar-refractivity contribution in [3.63, 3.8) is 0 Å². The normalized spacial score (nSPS) is 15.9. The largest absolute Gasteiger partial charge is 0.355 e. The SMILES string of the molecule is CN(CCNC(=O)CCc1nc2ccccc2[nH]1)C1CCCCC1. The third-order valence-corrected chi connectivity index (χ3v) is 5.01. The number of imidazole rings is 1. The summed E-state index contributed by atoms with van der Waals surface area (Å²) >= 11 is 0. The number of rotatable bonds is 7. The summed E-state index contributed by atoms with van der Waals surface area (Å²) < 4.78 is 0. The van der Waals surface area contributed by atoms with E-state index in [0.29, 0.717) is 18.9 Å². The number of likely N-dealkylation sites (N-methyl/N-ethyl adjacent to an activating group) is 1. The highest BCUT2D eigenvalue weighted by atomic mass is 16.1. The van der Waals surface area contributed by atoms with Gasteiger partial charge in [-0.1, -0.05) is 31.4 Å². The molecule has 24 heavy (non-hydrogen) atoms. The Balaban J connectivity index is 1.36. The number of nitrogens with zero attached hydrogens (tertiary/aromatic N) is 2. The van der Waals surface area contributed by atoms with Gasteiger partial charge in [-0.05, 0) is 32.0 Å². The van der Waals surface area contributed by atoms with Gasteiger partial charge in [0.25, 0.3) is 0 Å². The summed E-state index contributed by atoms with van der Waals surface area (Å²) in [6.07, 6.45) is 7.81. The Hall–Kier alpha value is -1.88. The minimum absolute atomic E-state index is 0.104. The van der Waals surface area contributed by atoms with Gasteiger partial charge in [0.1, 0.15) is 5.82 Å². The Morgan fingerprint density at radius 1 is 1.29 bits per heavy atom. The van der Waals surface area contributed by atoms with E-state index in [0.717, 1.165) is 29.9 Å². The number of aromatic amines is 1. The lowest BCUT2D eigenvalue weighted by Gasteiger charge is -2.31. The zero-order valence-corrected chi connectivity index (χ0v) is 14.6. The number of aromatic nitrogens is 2. The number of carbonyl (C=O) groups is 1. The van der Waals surface area contributed by atoms with Crippen molar-refractivity contribution in [2.45, 2.75) is 51.0 Å². The lowest BCUT2D eigenvalue weighted by atomic mass is 9.94. The molecule has 2 aromatic rings. The fraction of sp³-hybridized carbons (Fsp3) is 0.579. The van der Waals surface area contributed by atoms with Gasteiger partial charge in [0, 0.05) is 32.0 Å². The number of carbonyl (C=O) groups excluding carboxylic acids is 1. The van der Waals surface area contributed by atoms with Crippen LogP contribution in [0.3, 0.4) is 0 Å². The van der Waals surface area contributed by atoms with Gasteiger partial charge in [-0.15, -0.1) is 0 Å². The molecule has 0 aliphatic heterocycles. The Labute approximate surface area is 143 Å². The van der Waals surface area contributed by atoms with Gasteiger partial charge in [0.15, 0.2) is 0 Å². The smallest absolute Gasteiger partial charge is 0.220 e. The zero-order valence-electron chi connectivity index (χ0n) is 14.6. The number of para-hydroxylation sites is 2. The van der Waals surface area contributed by atoms with Crippen molar-refractivity contribution in [2.75, 3.05) is 20.1 Å². The minimum Gasteiger partial charge on any atom is -0.355 e. The Kier molecular flexibility index (Phi) is 5.86. The molecule has 1 amide bonds. The fourth-order valence-corrected chi connectivity index (χ4v) is 3.52. The number of nitrogens with one attached hydrogen (secondary N) is 2. The average molecular weight is 328 g/mol. The van der Waals surface area contributed by atoms with Crippen LogP contribution >= 0.6 is 0 Å². The molecule has 0 bridgehead atoms. The van der Waals surface area contributed by atoms with E-state index in [1.807, 2.05) is 24.3 Å². The number of aryl methyl sites for hydroxylation is 1. The van der Waals surface area contributed by atoms with E-state index in [2.05, 4.69) is 27.2 Å². The van der Waals surface area contributed by atoms with Gasteiger partial charge < -0.3 is 15.2 Å². The molecule has 5 nitrogen and oxygen atoms in total. The highest BCUT2D eigenvalue weighted by Crippen LogP contribution is 2.21. The van der Waals surface area contributed by atoms with Crippen LogP contribution in [-0.4, -0.2) is 47.0 Å². The van der Waals surface area contributed by atoms with Crippen molar-refractivity contribution in [1.29, 1.82) is 0 Å². The summed E-state index contributed by atoms with van der Waals surface area (Å²) in [6, 6.07) is 8.65. The van der Waals surface area contributed by atoms with E-state index < -0.39 is 0 Å². The molecule has 1 aromatic carbocycles. The summed E-state index contributed by atoms with van der Waals surface area (Å²) in [5.74, 6) is 0.984. The monoisotopic (exact) mass is 328 g/mol. The highest BCUT2D eigenvalue weighted by molar-refractivity contribution is 5.77. The molecule has 0 radical (unpaired) electrons. The van der Waals surface area contributed by atoms with Gasteiger partial charge in [-0.25, -0.2) is 4.98 Å². The van der Waals surface area contributed by atoms with E-state index in [1.165, 1.54) is 32.1 Å². The summed E-state index contributed by atoms with van der Waals surface area (Å²) in [5.41, 5.74) is 1.99. The third kappa shape index (κ3) is 4.57. The van der Waals surface area contributed by atoms with Crippen LogP contribution in [0.1, 0.15) is 44.3 Å². The van der Waals surface area contributed by atoms with Crippen LogP contribution in [0, 0.1) is 0 Å². The molecule has 1 saturated carbocycles. The minimum atomic E-state index is 0.104. The first-order valence-corrected chi connectivity index (χ1v) is 9.13. The topological polar surface area (TPSA) is 61.0 Å². The number of H-pyrrole nitrogens is 1. The Morgan fingerprint density at radius 3 is 2.88 bits per heavy atom. The standard InChI is InChI=1S/C19H28N4O/c1-23(15-7-3-2-4-8-15)14-13-20-19(24)12-11-18-21-16-9-5-6-10-17(16)22-18/h5-6,9-10,15H,2-4,7-8,11-14H2,1H3,(H,20,24)(H,21,22). The van der Waals surface area contributed by atoms with Gasteiger partial charge >= 0.3 is 0 Å². The molecule has 0 saturated heterocycles. The van der Waals surface area contributed by atoms with Gasteiger partial charge in [-0.3, -0.25) is 4.79 Å². The summed E-state index contributed by atoms with van der Waals surface area (Å²) in [4.78, 5) is 22.2. The van der Waals surface area contributed by atoms with Crippen molar-refractivity contribution in [2.24, 2.45) is 0 Å². The maximum Gasteiger partial charge on any atom is 0.220 e. The lowest BCUT2D eigenvalue weighted by molar-refractivity contribution is -0.121. The van der Waals surface area contributed by atoms with Crippen LogP contribution in [0.2, 0.25) is 0 Å². The molecule has 3 rings (SSSR count). The van der Waals surface area contributed by atoms with E-state index in [9.17, 15) is 4.79 Å². The second-order valence-electron chi connectivity index (χ2n) is 6.82. The van der Waals surface area contributed by atoms with Gasteiger partial charge in [0.2, 0.25) is 5.91 Å². The number of amides is 1. The predicted molar refractivity (Wildman–Crippen MR) is 96.9 cm³/mol. The number of benzene rings is 1. The number of fused-ring (bicyclic) bond motifs is 1. The molecule has 1 aromatic heterocycles. The first kappa shape index (κ1) is 17.0. The van der Waals surface area contributed by atoms with E-state index in [-0.39, 0.29) is 5.91 Å². The fourth-order valence-electron chi connectivity index (χ4n) is 3.52. The summed E-state index contributed by atoms with van der Waals surface area (Å²) in [5, 5.41) is 3.03. The van der Waals surface area contributed by atoms with Crippen LogP contribution in [0.25, 0.3) is 11.0 Å². The molecule has 1 aliphatic rings. The van der Waals surface area contributed by atoms with Crippen molar-refractivity contribution in [3.8, 4) is 0 Å². The van der Waals surface area contributed by atoms with Crippen LogP contribution in [0.5, 0.6) is 0 Å². The van der Waals surface area contributed by atoms with Crippen molar-refractivity contribution in [3.05, 3.63) is 30.1 Å². The lowest BCUT2D eigenvalue weighted by Crippen LogP contribution is -2.39. The second kappa shape index (κ2) is 8.29. The Morgan fingerprint density at radius 2 is 2.08 bits per heavy atom. The molecule has 1 heterocycles. The second-order valence-corrected chi connectivity index (χ2v) is 6.82. The van der Waals surface area contributed by atoms with E-state index >= 15 is 0 Å². The molecule has 0 unspecified atom stereocenters. The maximum absolute atomic E-state index is 12.0. The Bertz CT molecular complexity index is 627. The first-order valence-electron chi connectivity index (χ1n) is 9.13. The third-order valence-electron chi connectivity index (χ3n) is 5.01. The first-order chi connectivity index (χ1) is 11.7. The number of hydrogen-bond acceptors (Lipinski definition) is 3. The van der Waals surface area contributed by atoms with Crippen molar-refractivity contribution < 1.29 is 4.79 Å². The van der Waals surface area contributed by atoms with Crippen LogP contribution in [0.15, 0.2) is 24.3 Å². The van der Waals surface area contributed by atoms with Crippen LogP contribution < -0.4 is 5.32 Å².